The van der Waals surface area contributed by atoms with Crippen LogP contribution in [0.15, 0.2) is 40.9 Å². The van der Waals surface area contributed by atoms with Crippen LogP contribution in [0.3, 0.4) is 0 Å². The van der Waals surface area contributed by atoms with Crippen molar-refractivity contribution >= 4 is 38.6 Å². The number of aryl methyl sites for hydroxylation is 2. The van der Waals surface area contributed by atoms with E-state index < -0.39 is 0 Å². The van der Waals surface area contributed by atoms with Gasteiger partial charge in [0.1, 0.15) is 5.82 Å². The molecule has 1 heterocycles. The standard InChI is InChI=1S/C16H14BrClN2/c1-10-6-7-12(8-13(10)17)20-15(9-18)19-14-5-3-4-11(2)16(14)20/h3-8H,9H2,1-2H3. The number of benzene rings is 2. The van der Waals surface area contributed by atoms with Crippen LogP contribution < -0.4 is 0 Å². The van der Waals surface area contributed by atoms with Crippen molar-refractivity contribution in [2.24, 2.45) is 0 Å². The van der Waals surface area contributed by atoms with Crippen LogP contribution in [0.5, 0.6) is 0 Å². The molecular weight excluding hydrogens is 336 g/mol. The number of hydrogen-bond acceptors (Lipinski definition) is 1. The Kier molecular flexibility index (Phi) is 3.57. The van der Waals surface area contributed by atoms with Gasteiger partial charge in [-0.25, -0.2) is 4.98 Å². The highest BCUT2D eigenvalue weighted by atomic mass is 79.9. The van der Waals surface area contributed by atoms with E-state index >= 15 is 0 Å². The Balaban J connectivity index is 2.36. The second-order valence-corrected chi connectivity index (χ2v) is 5.99. The van der Waals surface area contributed by atoms with E-state index in [4.69, 9.17) is 11.6 Å². The first-order valence-corrected chi connectivity index (χ1v) is 7.74. The van der Waals surface area contributed by atoms with Gasteiger partial charge in [-0.15, -0.1) is 11.6 Å². The maximum atomic E-state index is 6.08. The Bertz CT molecular complexity index is 793. The normalized spacial score (nSPS) is 11.2. The molecule has 0 N–H and O–H groups in total. The van der Waals surface area contributed by atoms with Gasteiger partial charge < -0.3 is 0 Å². The molecule has 0 fully saturated rings. The second-order valence-electron chi connectivity index (χ2n) is 4.87. The average molecular weight is 350 g/mol. The number of aromatic nitrogens is 2. The van der Waals surface area contributed by atoms with Crippen molar-refractivity contribution < 1.29 is 0 Å². The van der Waals surface area contributed by atoms with Crippen molar-refractivity contribution in [3.8, 4) is 5.69 Å². The summed E-state index contributed by atoms with van der Waals surface area (Å²) in [7, 11) is 0. The first-order chi connectivity index (χ1) is 9.61. The lowest BCUT2D eigenvalue weighted by molar-refractivity contribution is 0.977. The molecule has 2 aromatic carbocycles. The van der Waals surface area contributed by atoms with Crippen molar-refractivity contribution in [3.05, 3.63) is 57.8 Å². The van der Waals surface area contributed by atoms with Gasteiger partial charge >= 0.3 is 0 Å². The minimum absolute atomic E-state index is 0.389. The summed E-state index contributed by atoms with van der Waals surface area (Å²) in [6.07, 6.45) is 0. The topological polar surface area (TPSA) is 17.8 Å². The summed E-state index contributed by atoms with van der Waals surface area (Å²) in [4.78, 5) is 4.64. The minimum Gasteiger partial charge on any atom is -0.295 e. The largest absolute Gasteiger partial charge is 0.295 e. The Morgan fingerprint density at radius 3 is 2.65 bits per heavy atom. The molecule has 0 aliphatic carbocycles. The lowest BCUT2D eigenvalue weighted by Crippen LogP contribution is -2.00. The summed E-state index contributed by atoms with van der Waals surface area (Å²) in [5.41, 5.74) is 5.59. The van der Waals surface area contributed by atoms with E-state index in [1.807, 2.05) is 12.1 Å². The second kappa shape index (κ2) is 5.23. The fraction of sp³-hybridized carbons (Fsp3) is 0.188. The number of hydrogen-bond donors (Lipinski definition) is 0. The molecule has 0 amide bonds. The maximum absolute atomic E-state index is 6.08. The van der Waals surface area contributed by atoms with Crippen LogP contribution in [0.1, 0.15) is 17.0 Å². The molecule has 3 rings (SSSR count). The molecule has 1 aromatic heterocycles. The van der Waals surface area contributed by atoms with Crippen molar-refractivity contribution in [2.75, 3.05) is 0 Å². The van der Waals surface area contributed by atoms with Gasteiger partial charge in [0.05, 0.1) is 16.9 Å². The quantitative estimate of drug-likeness (QED) is 0.585. The van der Waals surface area contributed by atoms with E-state index in [1.54, 1.807) is 0 Å². The molecule has 0 spiro atoms. The number of nitrogens with zero attached hydrogens (tertiary/aromatic N) is 2. The van der Waals surface area contributed by atoms with E-state index in [0.29, 0.717) is 5.88 Å². The number of rotatable bonds is 2. The maximum Gasteiger partial charge on any atom is 0.129 e. The third-order valence-corrected chi connectivity index (χ3v) is 4.57. The number of fused-ring (bicyclic) bond motifs is 1. The van der Waals surface area contributed by atoms with Crippen LogP contribution in [-0.2, 0) is 5.88 Å². The summed E-state index contributed by atoms with van der Waals surface area (Å²) in [6, 6.07) is 12.5. The average Bonchev–Trinajstić information content (AvgIpc) is 2.82. The molecule has 0 atom stereocenters. The number of halogens is 2. The molecule has 3 aromatic rings. The predicted octanol–water partition coefficient (Wildman–Crippen LogP) is 5.14. The number of alkyl halides is 1. The molecule has 0 radical (unpaired) electrons. The Labute approximate surface area is 131 Å². The van der Waals surface area contributed by atoms with Gasteiger partial charge in [0.15, 0.2) is 0 Å². The zero-order valence-corrected chi connectivity index (χ0v) is 13.7. The van der Waals surface area contributed by atoms with Gasteiger partial charge in [-0.05, 0) is 43.2 Å². The lowest BCUT2D eigenvalue weighted by atomic mass is 10.2. The first-order valence-electron chi connectivity index (χ1n) is 6.41. The summed E-state index contributed by atoms with van der Waals surface area (Å²) < 4.78 is 3.23. The molecule has 0 unspecified atom stereocenters. The summed E-state index contributed by atoms with van der Waals surface area (Å²) in [5.74, 6) is 1.26. The highest BCUT2D eigenvalue weighted by Crippen LogP contribution is 2.28. The van der Waals surface area contributed by atoms with Crippen LogP contribution in [0.25, 0.3) is 16.7 Å². The molecule has 4 heteroatoms. The molecule has 102 valence electrons. The molecule has 0 bridgehead atoms. The van der Waals surface area contributed by atoms with E-state index in [9.17, 15) is 0 Å². The van der Waals surface area contributed by atoms with E-state index in [2.05, 4.69) is 63.6 Å². The van der Waals surface area contributed by atoms with Crippen LogP contribution in [0.2, 0.25) is 0 Å². The van der Waals surface area contributed by atoms with Crippen LogP contribution in [0, 0.1) is 13.8 Å². The van der Waals surface area contributed by atoms with Crippen LogP contribution >= 0.6 is 27.5 Å². The summed E-state index contributed by atoms with van der Waals surface area (Å²) in [6.45, 7) is 4.18. The Morgan fingerprint density at radius 1 is 1.15 bits per heavy atom. The Morgan fingerprint density at radius 2 is 1.95 bits per heavy atom. The van der Waals surface area contributed by atoms with Crippen molar-refractivity contribution in [2.45, 2.75) is 19.7 Å². The lowest BCUT2D eigenvalue weighted by Gasteiger charge is -2.11. The van der Waals surface area contributed by atoms with E-state index in [0.717, 1.165) is 27.0 Å². The van der Waals surface area contributed by atoms with Gasteiger partial charge in [-0.2, -0.15) is 0 Å². The third-order valence-electron chi connectivity index (χ3n) is 3.48. The van der Waals surface area contributed by atoms with Gasteiger partial charge in [0.2, 0.25) is 0 Å². The fourth-order valence-electron chi connectivity index (χ4n) is 2.43. The van der Waals surface area contributed by atoms with Gasteiger partial charge in [-0.1, -0.05) is 34.1 Å². The molecule has 2 nitrogen and oxygen atoms in total. The molecule has 0 saturated carbocycles. The summed E-state index contributed by atoms with van der Waals surface area (Å²) in [5, 5.41) is 0. The molecular formula is C16H14BrClN2. The first kappa shape index (κ1) is 13.7. The predicted molar refractivity (Wildman–Crippen MR) is 87.8 cm³/mol. The van der Waals surface area contributed by atoms with Crippen molar-refractivity contribution in [3.63, 3.8) is 0 Å². The van der Waals surface area contributed by atoms with Crippen molar-refractivity contribution in [1.82, 2.24) is 9.55 Å². The van der Waals surface area contributed by atoms with E-state index in [1.165, 1.54) is 11.1 Å². The number of para-hydroxylation sites is 1. The minimum atomic E-state index is 0.389. The smallest absolute Gasteiger partial charge is 0.129 e. The Hall–Kier alpha value is -1.32. The number of imidazole rings is 1. The SMILES string of the molecule is Cc1ccc(-n2c(CCl)nc3cccc(C)c32)cc1Br. The van der Waals surface area contributed by atoms with Gasteiger partial charge in [0.25, 0.3) is 0 Å². The monoisotopic (exact) mass is 348 g/mol. The third kappa shape index (κ3) is 2.15. The molecule has 0 aliphatic heterocycles. The molecule has 0 saturated heterocycles. The van der Waals surface area contributed by atoms with Gasteiger partial charge in [0, 0.05) is 10.2 Å². The van der Waals surface area contributed by atoms with Crippen LogP contribution in [0.4, 0.5) is 0 Å². The zero-order chi connectivity index (χ0) is 14.3. The molecule has 20 heavy (non-hydrogen) atoms. The zero-order valence-electron chi connectivity index (χ0n) is 11.3. The summed E-state index contributed by atoms with van der Waals surface area (Å²) >= 11 is 9.68. The molecule has 0 aliphatic rings. The van der Waals surface area contributed by atoms with E-state index in [-0.39, 0.29) is 0 Å². The highest BCUT2D eigenvalue weighted by Gasteiger charge is 2.13. The van der Waals surface area contributed by atoms with Crippen molar-refractivity contribution in [1.29, 1.82) is 0 Å². The fourth-order valence-corrected chi connectivity index (χ4v) is 2.98. The van der Waals surface area contributed by atoms with Crippen LogP contribution in [-0.4, -0.2) is 9.55 Å². The van der Waals surface area contributed by atoms with Gasteiger partial charge in [-0.3, -0.25) is 4.57 Å². The highest BCUT2D eigenvalue weighted by molar-refractivity contribution is 9.10.